The minimum atomic E-state index is -1.26. The summed E-state index contributed by atoms with van der Waals surface area (Å²) in [7, 11) is 0. The van der Waals surface area contributed by atoms with Crippen molar-refractivity contribution in [1.29, 1.82) is 0 Å². The summed E-state index contributed by atoms with van der Waals surface area (Å²) in [5.41, 5.74) is 2.04. The topological polar surface area (TPSA) is 126 Å². The molecular formula is C27H30N2O8. The van der Waals surface area contributed by atoms with E-state index in [-0.39, 0.29) is 12.7 Å². The minimum absolute atomic E-state index is 0.195. The van der Waals surface area contributed by atoms with Crippen molar-refractivity contribution in [3.8, 4) is 17.2 Å². The Morgan fingerprint density at radius 3 is 2.41 bits per heavy atom. The molecule has 10 nitrogen and oxygen atoms in total. The lowest BCUT2D eigenvalue weighted by Crippen LogP contribution is -2.40. The highest BCUT2D eigenvalue weighted by Gasteiger charge is 2.30. The third-order valence-electron chi connectivity index (χ3n) is 6.47. The van der Waals surface area contributed by atoms with E-state index in [9.17, 15) is 14.4 Å². The molecule has 0 radical (unpaired) electrons. The number of fused-ring (bicyclic) bond motifs is 2. The van der Waals surface area contributed by atoms with Crippen LogP contribution in [0.3, 0.4) is 0 Å². The summed E-state index contributed by atoms with van der Waals surface area (Å²) in [6.07, 6.45) is 3.37. The number of piperidine rings is 1. The molecule has 0 saturated carbocycles. The van der Waals surface area contributed by atoms with Crippen molar-refractivity contribution in [2.75, 3.05) is 39.6 Å². The number of carboxylic acids is 2. The fourth-order valence-electron chi connectivity index (χ4n) is 4.57. The second-order valence-corrected chi connectivity index (χ2v) is 9.00. The van der Waals surface area contributed by atoms with E-state index < -0.39 is 11.9 Å². The lowest BCUT2D eigenvalue weighted by atomic mass is 9.96. The van der Waals surface area contributed by atoms with Gasteiger partial charge in [0.25, 0.3) is 5.91 Å². The molecule has 0 bridgehead atoms. The molecule has 3 aliphatic rings. The number of hydrogen-bond acceptors (Lipinski definition) is 7. The molecular weight excluding hydrogens is 480 g/mol. The predicted octanol–water partition coefficient (Wildman–Crippen LogP) is 2.87. The molecule has 2 aromatic carbocycles. The van der Waals surface area contributed by atoms with Gasteiger partial charge in [-0.2, -0.15) is 0 Å². The first-order chi connectivity index (χ1) is 17.9. The Morgan fingerprint density at radius 1 is 1.00 bits per heavy atom. The van der Waals surface area contributed by atoms with Crippen molar-refractivity contribution in [1.82, 2.24) is 9.80 Å². The number of carbonyl (C=O) groups excluding carboxylic acids is 1. The number of carbonyl (C=O) groups is 3. The van der Waals surface area contributed by atoms with Crippen molar-refractivity contribution in [3.63, 3.8) is 0 Å². The van der Waals surface area contributed by atoms with E-state index in [0.717, 1.165) is 73.9 Å². The number of benzene rings is 2. The number of likely N-dealkylation sites (tertiary alicyclic amines) is 1. The average molecular weight is 511 g/mol. The molecule has 0 aliphatic carbocycles. The largest absolute Gasteiger partial charge is 0.492 e. The standard InChI is InChI=1S/C23H26N2O4.C4H4O4/c26-23-20-4-2-1-3-18(20)15-25(23)14-17-7-9-24(10-8-17)11-12-27-19-5-6-21-22(13-19)29-16-28-21;5-3(6)1-2-4(7)8/h1-6,13,17H,7-12,14-16H2;1-2H,(H,5,6)(H,7,8)/b;2-1+. The van der Waals surface area contributed by atoms with Gasteiger partial charge in [0.15, 0.2) is 11.5 Å². The Morgan fingerprint density at radius 2 is 1.70 bits per heavy atom. The van der Waals surface area contributed by atoms with Gasteiger partial charge < -0.3 is 29.3 Å². The zero-order valence-corrected chi connectivity index (χ0v) is 20.4. The molecule has 10 heteroatoms. The molecule has 1 saturated heterocycles. The lowest BCUT2D eigenvalue weighted by molar-refractivity contribution is -0.134. The fraction of sp³-hybridized carbons (Fsp3) is 0.370. The number of amides is 1. The van der Waals surface area contributed by atoms with Gasteiger partial charge in [0.1, 0.15) is 12.4 Å². The molecule has 0 unspecified atom stereocenters. The van der Waals surface area contributed by atoms with Crippen LogP contribution in [0.25, 0.3) is 0 Å². The number of rotatable bonds is 8. The Labute approximate surface area is 214 Å². The van der Waals surface area contributed by atoms with Crippen LogP contribution in [-0.4, -0.2) is 77.4 Å². The van der Waals surface area contributed by atoms with E-state index >= 15 is 0 Å². The van der Waals surface area contributed by atoms with Crippen molar-refractivity contribution in [3.05, 3.63) is 65.7 Å². The maximum atomic E-state index is 12.6. The first-order valence-corrected chi connectivity index (χ1v) is 12.1. The van der Waals surface area contributed by atoms with Crippen LogP contribution in [0.2, 0.25) is 0 Å². The highest BCUT2D eigenvalue weighted by molar-refractivity contribution is 5.98. The molecule has 196 valence electrons. The zero-order chi connectivity index (χ0) is 26.2. The minimum Gasteiger partial charge on any atom is -0.492 e. The molecule has 3 aliphatic heterocycles. The Balaban J connectivity index is 0.000000349. The van der Waals surface area contributed by atoms with Crippen LogP contribution >= 0.6 is 0 Å². The predicted molar refractivity (Wildman–Crippen MR) is 133 cm³/mol. The third kappa shape index (κ3) is 7.23. The number of hydrogen-bond donors (Lipinski definition) is 2. The summed E-state index contributed by atoms with van der Waals surface area (Å²) in [5, 5.41) is 15.6. The first kappa shape index (κ1) is 26.0. The van der Waals surface area contributed by atoms with Crippen LogP contribution < -0.4 is 14.2 Å². The van der Waals surface area contributed by atoms with E-state index in [0.29, 0.717) is 24.7 Å². The normalized spacial score (nSPS) is 16.9. The molecule has 0 aromatic heterocycles. The second kappa shape index (κ2) is 12.3. The lowest BCUT2D eigenvalue weighted by Gasteiger charge is -2.33. The van der Waals surface area contributed by atoms with Crippen LogP contribution in [0.4, 0.5) is 0 Å². The molecule has 0 atom stereocenters. The second-order valence-electron chi connectivity index (χ2n) is 9.00. The van der Waals surface area contributed by atoms with Gasteiger partial charge in [-0.3, -0.25) is 9.69 Å². The SMILES string of the molecule is O=C(O)/C=C/C(=O)O.O=C1c2ccccc2CN1CC1CCN(CCOc2ccc3c(c2)OCO3)CC1. The molecule has 37 heavy (non-hydrogen) atoms. The summed E-state index contributed by atoms with van der Waals surface area (Å²) in [6, 6.07) is 13.7. The number of carboxylic acid groups (broad SMARTS) is 2. The molecule has 1 fully saturated rings. The van der Waals surface area contributed by atoms with E-state index in [1.54, 1.807) is 0 Å². The molecule has 0 spiro atoms. The van der Waals surface area contributed by atoms with Gasteiger partial charge in [0.05, 0.1) is 0 Å². The van der Waals surface area contributed by atoms with E-state index in [1.165, 1.54) is 0 Å². The highest BCUT2D eigenvalue weighted by atomic mass is 16.7. The van der Waals surface area contributed by atoms with E-state index in [1.807, 2.05) is 41.3 Å². The van der Waals surface area contributed by atoms with Crippen molar-refractivity contribution in [2.45, 2.75) is 19.4 Å². The first-order valence-electron chi connectivity index (χ1n) is 12.1. The molecule has 2 aromatic rings. The quantitative estimate of drug-likeness (QED) is 0.516. The van der Waals surface area contributed by atoms with Gasteiger partial charge in [0, 0.05) is 43.4 Å². The summed E-state index contributed by atoms with van der Waals surface area (Å²) in [6.45, 7) is 5.60. The summed E-state index contributed by atoms with van der Waals surface area (Å²) < 4.78 is 16.6. The summed E-state index contributed by atoms with van der Waals surface area (Å²) in [5.74, 6) is 0.608. The van der Waals surface area contributed by atoms with Crippen molar-refractivity contribution < 1.29 is 38.8 Å². The molecule has 1 amide bonds. The van der Waals surface area contributed by atoms with Gasteiger partial charge in [-0.25, -0.2) is 9.59 Å². The van der Waals surface area contributed by atoms with Gasteiger partial charge in [-0.15, -0.1) is 0 Å². The van der Waals surface area contributed by atoms with E-state index in [2.05, 4.69) is 11.0 Å². The van der Waals surface area contributed by atoms with Gasteiger partial charge in [-0.1, -0.05) is 18.2 Å². The molecule has 3 heterocycles. The van der Waals surface area contributed by atoms with Crippen LogP contribution in [-0.2, 0) is 16.1 Å². The van der Waals surface area contributed by atoms with Crippen molar-refractivity contribution >= 4 is 17.8 Å². The van der Waals surface area contributed by atoms with E-state index in [4.69, 9.17) is 24.4 Å². The summed E-state index contributed by atoms with van der Waals surface area (Å²) >= 11 is 0. The fourth-order valence-corrected chi connectivity index (χ4v) is 4.57. The Kier molecular flexibility index (Phi) is 8.63. The van der Waals surface area contributed by atoms with Crippen LogP contribution in [0, 0.1) is 5.92 Å². The zero-order valence-electron chi connectivity index (χ0n) is 20.4. The van der Waals surface area contributed by atoms with Crippen molar-refractivity contribution in [2.24, 2.45) is 5.92 Å². The summed E-state index contributed by atoms with van der Waals surface area (Å²) in [4.78, 5) is 36.1. The number of aliphatic carboxylic acids is 2. The molecule has 2 N–H and O–H groups in total. The Bertz CT molecular complexity index is 1140. The Hall–Kier alpha value is -4.05. The monoisotopic (exact) mass is 510 g/mol. The van der Waals surface area contributed by atoms with Gasteiger partial charge in [0.2, 0.25) is 6.79 Å². The van der Waals surface area contributed by atoms with Crippen LogP contribution in [0.1, 0.15) is 28.8 Å². The van der Waals surface area contributed by atoms with Crippen LogP contribution in [0.5, 0.6) is 17.2 Å². The number of nitrogens with zero attached hydrogens (tertiary/aromatic N) is 2. The van der Waals surface area contributed by atoms with Gasteiger partial charge >= 0.3 is 11.9 Å². The maximum absolute atomic E-state index is 12.6. The third-order valence-corrected chi connectivity index (χ3v) is 6.47. The maximum Gasteiger partial charge on any atom is 0.328 e. The number of ether oxygens (including phenoxy) is 3. The smallest absolute Gasteiger partial charge is 0.328 e. The van der Waals surface area contributed by atoms with Crippen LogP contribution in [0.15, 0.2) is 54.6 Å². The highest BCUT2D eigenvalue weighted by Crippen LogP contribution is 2.35. The molecule has 5 rings (SSSR count). The average Bonchev–Trinajstić information content (AvgIpc) is 3.48. The van der Waals surface area contributed by atoms with Gasteiger partial charge in [-0.05, 0) is 55.6 Å².